The fraction of sp³-hybridized carbons (Fsp3) is 0.621. The maximum absolute atomic E-state index is 14.4. The van der Waals surface area contributed by atoms with Crippen molar-refractivity contribution >= 4 is 17.4 Å². The van der Waals surface area contributed by atoms with Crippen molar-refractivity contribution in [3.8, 4) is 0 Å². The van der Waals surface area contributed by atoms with Gasteiger partial charge in [-0.2, -0.15) is 5.10 Å². The number of halogens is 2. The lowest BCUT2D eigenvalue weighted by atomic mass is 9.86. The van der Waals surface area contributed by atoms with Gasteiger partial charge in [-0.25, -0.2) is 13.8 Å². The number of alkyl halides is 2. The second-order valence-electron chi connectivity index (χ2n) is 12.0. The van der Waals surface area contributed by atoms with E-state index in [4.69, 9.17) is 4.74 Å². The lowest BCUT2D eigenvalue weighted by Gasteiger charge is -2.56. The van der Waals surface area contributed by atoms with Crippen LogP contribution in [0.1, 0.15) is 48.7 Å². The highest BCUT2D eigenvalue weighted by atomic mass is 19.3. The average Bonchev–Trinajstić information content (AvgIpc) is 3.22. The first-order valence-corrected chi connectivity index (χ1v) is 14.5. The standard InChI is InChI=1S/C29H37F2N7O2/c1-4-25(39)35-10-8-34(9-11-35)23-15-37-21(23)7-5-6-20-22(37)12-24(33-26(20)28(30)31)36-16-29(17-36)27-18(2)13-32-38(27)14-19(3)40-29/h4,12-13,19,21,23,28H,1,5-11,14-17H2,2-3H3/t19-,21?,23?/m0/s1. The van der Waals surface area contributed by atoms with Crippen molar-refractivity contribution in [1.29, 1.82) is 0 Å². The predicted octanol–water partition coefficient (Wildman–Crippen LogP) is 2.88. The lowest BCUT2D eigenvalue weighted by Crippen LogP contribution is -2.69. The fourth-order valence-electron chi connectivity index (χ4n) is 7.71. The van der Waals surface area contributed by atoms with Crippen LogP contribution in [0.5, 0.6) is 0 Å². The number of anilines is 2. The van der Waals surface area contributed by atoms with Crippen molar-refractivity contribution in [2.45, 2.75) is 69.9 Å². The molecule has 0 radical (unpaired) electrons. The van der Waals surface area contributed by atoms with Gasteiger partial charge in [-0.05, 0) is 44.7 Å². The Morgan fingerprint density at radius 1 is 1.20 bits per heavy atom. The Bertz CT molecular complexity index is 1330. The average molecular weight is 554 g/mol. The SMILES string of the molecule is C=CC(=O)N1CCN(C2CN3c4cc(N5CC6(C5)O[C@@H](C)Cn5ncc(C)c56)nc(C(F)F)c4CCCC23)CC1. The number of piperazine rings is 1. The number of ether oxygens (including phenoxy) is 1. The van der Waals surface area contributed by atoms with Crippen LogP contribution in [0.2, 0.25) is 0 Å². The Labute approximate surface area is 233 Å². The first-order chi connectivity index (χ1) is 19.3. The summed E-state index contributed by atoms with van der Waals surface area (Å²) in [5, 5.41) is 4.54. The highest BCUT2D eigenvalue weighted by molar-refractivity contribution is 5.87. The van der Waals surface area contributed by atoms with Crippen LogP contribution in [0.3, 0.4) is 0 Å². The summed E-state index contributed by atoms with van der Waals surface area (Å²) >= 11 is 0. The minimum atomic E-state index is -2.62. The number of pyridine rings is 1. The number of rotatable bonds is 4. The molecule has 0 saturated carbocycles. The summed E-state index contributed by atoms with van der Waals surface area (Å²) in [4.78, 5) is 25.3. The molecule has 2 aromatic heterocycles. The summed E-state index contributed by atoms with van der Waals surface area (Å²) in [7, 11) is 0. The van der Waals surface area contributed by atoms with Crippen LogP contribution in [0.15, 0.2) is 24.9 Å². The van der Waals surface area contributed by atoms with Crippen molar-refractivity contribution in [3.63, 3.8) is 0 Å². The molecule has 1 amide bonds. The molecule has 3 saturated heterocycles. The number of amides is 1. The molecule has 0 aromatic carbocycles. The van der Waals surface area contributed by atoms with E-state index in [1.54, 1.807) is 0 Å². The number of hydrogen-bond acceptors (Lipinski definition) is 7. The molecule has 2 aromatic rings. The van der Waals surface area contributed by atoms with E-state index in [0.717, 1.165) is 49.4 Å². The third-order valence-corrected chi connectivity index (χ3v) is 9.59. The van der Waals surface area contributed by atoms with E-state index in [2.05, 4.69) is 45.2 Å². The number of carbonyl (C=O) groups is 1. The van der Waals surface area contributed by atoms with Gasteiger partial charge in [0, 0.05) is 62.1 Å². The van der Waals surface area contributed by atoms with Gasteiger partial charge >= 0.3 is 0 Å². The monoisotopic (exact) mass is 553 g/mol. The zero-order chi connectivity index (χ0) is 27.8. The number of carbonyl (C=O) groups excluding carboxylic acids is 1. The summed E-state index contributed by atoms with van der Waals surface area (Å²) in [5.74, 6) is 0.587. The predicted molar refractivity (Wildman–Crippen MR) is 147 cm³/mol. The Morgan fingerprint density at radius 3 is 2.70 bits per heavy atom. The molecule has 0 bridgehead atoms. The molecule has 7 heterocycles. The smallest absolute Gasteiger partial charge is 0.280 e. The summed E-state index contributed by atoms with van der Waals surface area (Å²) in [6.07, 6.45) is 3.11. The summed E-state index contributed by atoms with van der Waals surface area (Å²) in [5.41, 5.74) is 3.24. The van der Waals surface area contributed by atoms with E-state index < -0.39 is 12.0 Å². The molecule has 1 spiro atoms. The zero-order valence-corrected chi connectivity index (χ0v) is 23.2. The van der Waals surface area contributed by atoms with E-state index in [-0.39, 0.29) is 23.7 Å². The van der Waals surface area contributed by atoms with Gasteiger partial charge in [-0.15, -0.1) is 0 Å². The maximum Gasteiger partial charge on any atom is 0.280 e. The Kier molecular flexibility index (Phi) is 6.16. The molecule has 7 rings (SSSR count). The lowest BCUT2D eigenvalue weighted by molar-refractivity contribution is -0.139. The normalized spacial score (nSPS) is 27.4. The number of fused-ring (bicyclic) bond motifs is 5. The second kappa shape index (κ2) is 9.51. The maximum atomic E-state index is 14.4. The van der Waals surface area contributed by atoms with Crippen LogP contribution in [-0.4, -0.2) is 94.5 Å². The van der Waals surface area contributed by atoms with E-state index in [1.165, 1.54) is 6.08 Å². The third-order valence-electron chi connectivity index (χ3n) is 9.59. The first kappa shape index (κ1) is 25.9. The van der Waals surface area contributed by atoms with Gasteiger partial charge in [0.05, 0.1) is 37.6 Å². The summed E-state index contributed by atoms with van der Waals surface area (Å²) in [6, 6.07) is 2.69. The van der Waals surface area contributed by atoms with Gasteiger partial charge in [0.2, 0.25) is 5.91 Å². The van der Waals surface area contributed by atoms with E-state index in [0.29, 0.717) is 56.6 Å². The Hall–Kier alpha value is -3.05. The zero-order valence-electron chi connectivity index (χ0n) is 23.2. The molecule has 0 aliphatic carbocycles. The quantitative estimate of drug-likeness (QED) is 0.540. The summed E-state index contributed by atoms with van der Waals surface area (Å²) < 4.78 is 37.3. The van der Waals surface area contributed by atoms with Gasteiger partial charge < -0.3 is 19.4 Å². The Morgan fingerprint density at radius 2 is 1.98 bits per heavy atom. The number of aromatic nitrogens is 3. The van der Waals surface area contributed by atoms with Gasteiger partial charge in [0.1, 0.15) is 17.1 Å². The Balaban J connectivity index is 1.13. The number of nitrogens with zero attached hydrogens (tertiary/aromatic N) is 7. The molecule has 3 atom stereocenters. The topological polar surface area (TPSA) is 70.0 Å². The number of aryl methyl sites for hydroxylation is 1. The van der Waals surface area contributed by atoms with Gasteiger partial charge in [0.15, 0.2) is 0 Å². The van der Waals surface area contributed by atoms with Crippen molar-refractivity contribution in [2.24, 2.45) is 0 Å². The van der Waals surface area contributed by atoms with Crippen LogP contribution in [0.25, 0.3) is 0 Å². The van der Waals surface area contributed by atoms with Gasteiger partial charge in [-0.1, -0.05) is 6.58 Å². The van der Waals surface area contributed by atoms with Gasteiger partial charge in [-0.3, -0.25) is 14.4 Å². The largest absolute Gasteiger partial charge is 0.365 e. The highest BCUT2D eigenvalue weighted by Gasteiger charge is 2.53. The highest BCUT2D eigenvalue weighted by Crippen LogP contribution is 2.47. The molecule has 2 unspecified atom stereocenters. The van der Waals surface area contributed by atoms with Crippen molar-refractivity contribution in [3.05, 3.63) is 47.4 Å². The van der Waals surface area contributed by atoms with E-state index in [1.807, 2.05) is 21.8 Å². The van der Waals surface area contributed by atoms with Crippen LogP contribution >= 0.6 is 0 Å². The molecular weight excluding hydrogens is 516 g/mol. The molecule has 40 heavy (non-hydrogen) atoms. The number of hydrogen-bond donors (Lipinski definition) is 0. The van der Waals surface area contributed by atoms with Crippen LogP contribution in [-0.2, 0) is 28.1 Å². The first-order valence-electron chi connectivity index (χ1n) is 14.5. The van der Waals surface area contributed by atoms with Crippen LogP contribution in [0, 0.1) is 6.92 Å². The van der Waals surface area contributed by atoms with Crippen LogP contribution in [0.4, 0.5) is 20.3 Å². The minimum absolute atomic E-state index is 0.0155. The molecule has 11 heteroatoms. The molecular formula is C29H37F2N7O2. The second-order valence-corrected chi connectivity index (χ2v) is 12.0. The molecule has 3 fully saturated rings. The van der Waals surface area contributed by atoms with Gasteiger partial charge in [0.25, 0.3) is 6.43 Å². The third kappa shape index (κ3) is 3.95. The molecule has 0 N–H and O–H groups in total. The van der Waals surface area contributed by atoms with E-state index >= 15 is 0 Å². The molecule has 214 valence electrons. The van der Waals surface area contributed by atoms with E-state index in [9.17, 15) is 13.6 Å². The van der Waals surface area contributed by atoms with Crippen molar-refractivity contribution < 1.29 is 18.3 Å². The molecule has 5 aliphatic rings. The minimum Gasteiger partial charge on any atom is -0.365 e. The molecule has 5 aliphatic heterocycles. The van der Waals surface area contributed by atoms with Crippen molar-refractivity contribution in [2.75, 3.05) is 55.6 Å². The van der Waals surface area contributed by atoms with Crippen molar-refractivity contribution in [1.82, 2.24) is 24.6 Å². The summed E-state index contributed by atoms with van der Waals surface area (Å²) in [6.45, 7) is 13.4. The fourth-order valence-corrected chi connectivity index (χ4v) is 7.71. The molecule has 9 nitrogen and oxygen atoms in total. The van der Waals surface area contributed by atoms with Crippen LogP contribution < -0.4 is 9.80 Å².